The van der Waals surface area contributed by atoms with Crippen LogP contribution in [0.1, 0.15) is 26.4 Å². The molecule has 2 heterocycles. The van der Waals surface area contributed by atoms with E-state index >= 15 is 0 Å². The maximum absolute atomic E-state index is 12.8. The van der Waals surface area contributed by atoms with Gasteiger partial charge in [0.15, 0.2) is 5.78 Å². The molecule has 5 nitrogen and oxygen atoms in total. The number of pyridine rings is 1. The topological polar surface area (TPSA) is 53.5 Å². The molecule has 1 aliphatic heterocycles. The van der Waals surface area contributed by atoms with Crippen molar-refractivity contribution in [2.24, 2.45) is 0 Å². The first-order chi connectivity index (χ1) is 13.0. The fraction of sp³-hybridized carbons (Fsp3) is 0.286. The predicted octanol–water partition coefficient (Wildman–Crippen LogP) is 2.95. The van der Waals surface area contributed by atoms with Gasteiger partial charge in [-0.2, -0.15) is 0 Å². The highest BCUT2D eigenvalue weighted by Crippen LogP contribution is 2.30. The number of carbonyl (C=O) groups excluding carboxylic acids is 2. The Kier molecular flexibility index (Phi) is 4.81. The molecule has 1 fully saturated rings. The number of rotatable bonds is 3. The third kappa shape index (κ3) is 3.40. The molecule has 1 saturated heterocycles. The number of aromatic nitrogens is 1. The van der Waals surface area contributed by atoms with E-state index in [-0.39, 0.29) is 22.3 Å². The number of hydrogen-bond acceptors (Lipinski definition) is 5. The number of piperazine rings is 1. The van der Waals surface area contributed by atoms with E-state index in [4.69, 9.17) is 11.6 Å². The second kappa shape index (κ2) is 7.25. The zero-order valence-corrected chi connectivity index (χ0v) is 15.9. The maximum atomic E-state index is 12.8. The Morgan fingerprint density at radius 2 is 1.70 bits per heavy atom. The normalized spacial score (nSPS) is 18.1. The van der Waals surface area contributed by atoms with Gasteiger partial charge >= 0.3 is 0 Å². The largest absolute Gasteiger partial charge is 0.369 e. The number of carbonyl (C=O) groups is 2. The minimum Gasteiger partial charge on any atom is -0.369 e. The molecule has 2 aromatic rings. The highest BCUT2D eigenvalue weighted by Gasteiger charge is 2.32. The van der Waals surface area contributed by atoms with Crippen molar-refractivity contribution in [2.45, 2.75) is 6.42 Å². The lowest BCUT2D eigenvalue weighted by Crippen LogP contribution is -2.44. The molecular weight excluding hydrogens is 362 g/mol. The van der Waals surface area contributed by atoms with Crippen LogP contribution >= 0.6 is 11.6 Å². The Labute approximate surface area is 163 Å². The molecule has 4 rings (SSSR count). The number of anilines is 1. The van der Waals surface area contributed by atoms with Gasteiger partial charge in [0.25, 0.3) is 0 Å². The monoisotopic (exact) mass is 381 g/mol. The zero-order chi connectivity index (χ0) is 19.0. The summed E-state index contributed by atoms with van der Waals surface area (Å²) in [4.78, 5) is 33.9. The Bertz CT molecular complexity index is 929. The van der Waals surface area contributed by atoms with Crippen LogP contribution in [0.25, 0.3) is 0 Å². The first kappa shape index (κ1) is 17.9. The summed E-state index contributed by atoms with van der Waals surface area (Å²) in [7, 11) is 2.13. The molecule has 6 heteroatoms. The van der Waals surface area contributed by atoms with Gasteiger partial charge in [-0.1, -0.05) is 23.7 Å². The minimum atomic E-state index is -0.379. The Morgan fingerprint density at radius 3 is 2.41 bits per heavy atom. The van der Waals surface area contributed by atoms with E-state index in [9.17, 15) is 9.59 Å². The van der Waals surface area contributed by atoms with Crippen molar-refractivity contribution in [3.8, 4) is 0 Å². The summed E-state index contributed by atoms with van der Waals surface area (Å²) in [5.41, 5.74) is 2.94. The smallest absolute Gasteiger partial charge is 0.223 e. The number of halogens is 1. The van der Waals surface area contributed by atoms with E-state index < -0.39 is 0 Å². The van der Waals surface area contributed by atoms with Gasteiger partial charge in [0, 0.05) is 50.1 Å². The van der Waals surface area contributed by atoms with E-state index in [0.29, 0.717) is 17.6 Å². The number of nitrogens with zero attached hydrogens (tertiary/aromatic N) is 3. The zero-order valence-electron chi connectivity index (χ0n) is 15.1. The van der Waals surface area contributed by atoms with Gasteiger partial charge in [0.05, 0.1) is 10.6 Å². The van der Waals surface area contributed by atoms with Crippen molar-refractivity contribution in [3.05, 3.63) is 70.0 Å². The van der Waals surface area contributed by atoms with Crippen molar-refractivity contribution in [2.75, 3.05) is 38.1 Å². The molecule has 27 heavy (non-hydrogen) atoms. The molecule has 138 valence electrons. The van der Waals surface area contributed by atoms with Gasteiger partial charge in [0.1, 0.15) is 5.69 Å². The SMILES string of the molecule is CN1CCN(c2ccc(CC3=C(Cl)C(=O)c4ncccc4C3=O)cc2)CC1. The molecule has 0 radical (unpaired) electrons. The second-order valence-corrected chi connectivity index (χ2v) is 7.36. The second-order valence-electron chi connectivity index (χ2n) is 6.98. The Morgan fingerprint density at radius 1 is 1.00 bits per heavy atom. The molecule has 0 spiro atoms. The van der Waals surface area contributed by atoms with Crippen LogP contribution in [0.15, 0.2) is 53.2 Å². The quantitative estimate of drug-likeness (QED) is 0.818. The number of likely N-dealkylation sites (N-methyl/N-ethyl adjacent to an activating group) is 1. The third-order valence-corrected chi connectivity index (χ3v) is 5.59. The van der Waals surface area contributed by atoms with Crippen LogP contribution < -0.4 is 4.90 Å². The van der Waals surface area contributed by atoms with Crippen molar-refractivity contribution in [3.63, 3.8) is 0 Å². The maximum Gasteiger partial charge on any atom is 0.223 e. The fourth-order valence-electron chi connectivity index (χ4n) is 3.52. The molecule has 0 unspecified atom stereocenters. The van der Waals surface area contributed by atoms with E-state index in [1.807, 2.05) is 12.1 Å². The van der Waals surface area contributed by atoms with Gasteiger partial charge < -0.3 is 9.80 Å². The predicted molar refractivity (Wildman–Crippen MR) is 106 cm³/mol. The minimum absolute atomic E-state index is 0.0191. The molecule has 1 aliphatic carbocycles. The fourth-order valence-corrected chi connectivity index (χ4v) is 3.77. The summed E-state index contributed by atoms with van der Waals surface area (Å²) in [6, 6.07) is 11.4. The molecule has 0 atom stereocenters. The summed E-state index contributed by atoms with van der Waals surface area (Å²) in [6.07, 6.45) is 1.83. The van der Waals surface area contributed by atoms with E-state index in [1.165, 1.54) is 11.9 Å². The number of Topliss-reactive ketones (excluding diaryl/α,β-unsaturated/α-hetero) is 2. The molecule has 0 saturated carbocycles. The summed E-state index contributed by atoms with van der Waals surface area (Å²) < 4.78 is 0. The lowest BCUT2D eigenvalue weighted by molar-refractivity contribution is 0.0975. The summed E-state index contributed by atoms with van der Waals surface area (Å²) >= 11 is 6.23. The van der Waals surface area contributed by atoms with E-state index in [2.05, 4.69) is 34.0 Å². The molecule has 1 aromatic carbocycles. The van der Waals surface area contributed by atoms with Crippen LogP contribution in [-0.4, -0.2) is 54.7 Å². The van der Waals surface area contributed by atoms with Gasteiger partial charge in [-0.15, -0.1) is 0 Å². The van der Waals surface area contributed by atoms with Crippen molar-refractivity contribution in [1.29, 1.82) is 0 Å². The molecule has 0 bridgehead atoms. The van der Waals surface area contributed by atoms with Gasteiger partial charge in [-0.25, -0.2) is 0 Å². The van der Waals surface area contributed by atoms with Crippen LogP contribution in [-0.2, 0) is 6.42 Å². The lowest BCUT2D eigenvalue weighted by atomic mass is 9.89. The molecule has 0 amide bonds. The van der Waals surface area contributed by atoms with Crippen LogP contribution in [0.3, 0.4) is 0 Å². The van der Waals surface area contributed by atoms with E-state index in [0.717, 1.165) is 31.7 Å². The van der Waals surface area contributed by atoms with E-state index in [1.54, 1.807) is 12.1 Å². The molecule has 1 aromatic heterocycles. The lowest BCUT2D eigenvalue weighted by Gasteiger charge is -2.34. The highest BCUT2D eigenvalue weighted by atomic mass is 35.5. The standard InChI is InChI=1S/C21H20ClN3O2/c1-24-9-11-25(12-10-24)15-6-4-14(5-7-15)13-17-18(22)21(27)19-16(20(17)26)3-2-8-23-19/h2-8H,9-13H2,1H3. The van der Waals surface area contributed by atoms with Crippen LogP contribution in [0.5, 0.6) is 0 Å². The first-order valence-corrected chi connectivity index (χ1v) is 9.38. The van der Waals surface area contributed by atoms with Gasteiger partial charge in [-0.3, -0.25) is 14.6 Å². The number of hydrogen-bond donors (Lipinski definition) is 0. The molecular formula is C21H20ClN3O2. The van der Waals surface area contributed by atoms with Gasteiger partial charge in [0.2, 0.25) is 5.78 Å². The first-order valence-electron chi connectivity index (χ1n) is 9.00. The summed E-state index contributed by atoms with van der Waals surface area (Å²) in [5.74, 6) is -0.596. The number of allylic oxidation sites excluding steroid dienone is 2. The van der Waals surface area contributed by atoms with Crippen molar-refractivity contribution in [1.82, 2.24) is 9.88 Å². The number of ketones is 2. The average Bonchev–Trinajstić information content (AvgIpc) is 2.71. The van der Waals surface area contributed by atoms with Crippen LogP contribution in [0, 0.1) is 0 Å². The Hall–Kier alpha value is -2.50. The average molecular weight is 382 g/mol. The Balaban J connectivity index is 1.55. The highest BCUT2D eigenvalue weighted by molar-refractivity contribution is 6.49. The third-order valence-electron chi connectivity index (χ3n) is 5.19. The van der Waals surface area contributed by atoms with Crippen LogP contribution in [0.2, 0.25) is 0 Å². The van der Waals surface area contributed by atoms with Crippen molar-refractivity contribution >= 4 is 28.9 Å². The summed E-state index contributed by atoms with van der Waals surface area (Å²) in [6.45, 7) is 4.11. The van der Waals surface area contributed by atoms with Crippen molar-refractivity contribution < 1.29 is 9.59 Å². The van der Waals surface area contributed by atoms with Crippen LogP contribution in [0.4, 0.5) is 5.69 Å². The number of benzene rings is 1. The molecule has 0 N–H and O–H groups in total. The van der Waals surface area contributed by atoms with Gasteiger partial charge in [-0.05, 0) is 36.9 Å². The number of fused-ring (bicyclic) bond motifs is 1. The molecule has 2 aliphatic rings. The summed E-state index contributed by atoms with van der Waals surface area (Å²) in [5, 5.41) is -0.0191.